The van der Waals surface area contributed by atoms with E-state index in [4.69, 9.17) is 0 Å². The van der Waals surface area contributed by atoms with E-state index in [1.54, 1.807) is 12.1 Å². The van der Waals surface area contributed by atoms with Crippen molar-refractivity contribution in [3.05, 3.63) is 35.6 Å². The van der Waals surface area contributed by atoms with Crippen LogP contribution in [0.15, 0.2) is 24.3 Å². The minimum absolute atomic E-state index is 0.0985. The molecule has 3 nitrogen and oxygen atoms in total. The Bertz CT molecular complexity index is 523. The lowest BCUT2D eigenvalue weighted by Gasteiger charge is -2.32. The third-order valence-corrected chi connectivity index (χ3v) is 5.35. The van der Waals surface area contributed by atoms with Crippen molar-refractivity contribution < 1.29 is 9.18 Å². The van der Waals surface area contributed by atoms with Gasteiger partial charge in [-0.15, -0.1) is 0 Å². The maximum Gasteiger partial charge on any atom is 0.166 e. The topological polar surface area (TPSA) is 32.3 Å². The number of carbonyl (C=O) groups excluding carboxylic acids is 1. The van der Waals surface area contributed by atoms with Crippen LogP contribution in [0.3, 0.4) is 0 Å². The third-order valence-electron chi connectivity index (χ3n) is 5.35. The number of likely N-dealkylation sites (tertiary alicyclic amines) is 1. The molecule has 2 fully saturated rings. The van der Waals surface area contributed by atoms with Gasteiger partial charge in [0.2, 0.25) is 0 Å². The molecule has 0 amide bonds. The molecule has 126 valence electrons. The predicted octanol–water partition coefficient (Wildman–Crippen LogP) is 3.25. The van der Waals surface area contributed by atoms with Crippen LogP contribution in [0.5, 0.6) is 0 Å². The molecular formula is C19H27FN2O. The highest BCUT2D eigenvalue weighted by Crippen LogP contribution is 2.23. The van der Waals surface area contributed by atoms with Gasteiger partial charge in [0.05, 0.1) is 0 Å². The van der Waals surface area contributed by atoms with E-state index in [0.717, 1.165) is 32.5 Å². The molecule has 1 aromatic rings. The van der Waals surface area contributed by atoms with Crippen molar-refractivity contribution in [2.45, 2.75) is 51.1 Å². The number of Topliss-reactive ketones (excluding diaryl/α,β-unsaturated/α-hetero) is 1. The van der Waals surface area contributed by atoms with Crippen molar-refractivity contribution in [3.8, 4) is 0 Å². The second-order valence-electron chi connectivity index (χ2n) is 7.12. The maximum absolute atomic E-state index is 13.0. The van der Waals surface area contributed by atoms with Crippen LogP contribution >= 0.6 is 0 Å². The number of rotatable bonds is 5. The molecule has 2 saturated heterocycles. The van der Waals surface area contributed by atoms with Crippen molar-refractivity contribution in [2.24, 2.45) is 5.92 Å². The van der Waals surface area contributed by atoms with E-state index >= 15 is 0 Å². The van der Waals surface area contributed by atoms with E-state index in [-0.39, 0.29) is 17.5 Å². The van der Waals surface area contributed by atoms with Crippen LogP contribution in [0.2, 0.25) is 0 Å². The summed E-state index contributed by atoms with van der Waals surface area (Å²) < 4.78 is 13.0. The first-order chi connectivity index (χ1) is 11.1. The fourth-order valence-corrected chi connectivity index (χ4v) is 3.85. The molecular weight excluding hydrogens is 291 g/mol. The Balaban J connectivity index is 1.43. The average molecular weight is 318 g/mol. The number of halogens is 1. The number of hydrogen-bond acceptors (Lipinski definition) is 3. The largest absolute Gasteiger partial charge is 0.311 e. The standard InChI is InChI=1S/C19H27FN2O/c1-14-2-7-18(21-14)10-13-22-11-8-16(9-12-22)19(23)15-3-5-17(20)6-4-15/h3-6,14,16,18,21H,2,7-13H2,1H3. The number of benzene rings is 1. The Morgan fingerprint density at radius 1 is 1.17 bits per heavy atom. The van der Waals surface area contributed by atoms with Gasteiger partial charge in [0.1, 0.15) is 5.82 Å². The zero-order chi connectivity index (χ0) is 16.2. The minimum Gasteiger partial charge on any atom is -0.311 e. The van der Waals surface area contributed by atoms with E-state index < -0.39 is 0 Å². The fraction of sp³-hybridized carbons (Fsp3) is 0.632. The number of nitrogens with zero attached hydrogens (tertiary/aromatic N) is 1. The molecule has 2 heterocycles. The van der Waals surface area contributed by atoms with Crippen LogP contribution in [0.25, 0.3) is 0 Å². The second kappa shape index (κ2) is 7.54. The van der Waals surface area contributed by atoms with Gasteiger partial charge in [-0.05, 0) is 82.9 Å². The van der Waals surface area contributed by atoms with Gasteiger partial charge < -0.3 is 10.2 Å². The molecule has 1 N–H and O–H groups in total. The monoisotopic (exact) mass is 318 g/mol. The zero-order valence-electron chi connectivity index (χ0n) is 13.9. The van der Waals surface area contributed by atoms with Gasteiger partial charge in [-0.2, -0.15) is 0 Å². The molecule has 0 aromatic heterocycles. The summed E-state index contributed by atoms with van der Waals surface area (Å²) in [7, 11) is 0. The maximum atomic E-state index is 13.0. The first-order valence-electron chi connectivity index (χ1n) is 8.90. The highest BCUT2D eigenvalue weighted by Gasteiger charge is 2.27. The molecule has 3 rings (SSSR count). The van der Waals surface area contributed by atoms with E-state index in [2.05, 4.69) is 17.1 Å². The van der Waals surface area contributed by atoms with Gasteiger partial charge >= 0.3 is 0 Å². The van der Waals surface area contributed by atoms with Gasteiger partial charge in [-0.1, -0.05) is 0 Å². The lowest BCUT2D eigenvalue weighted by atomic mass is 9.89. The highest BCUT2D eigenvalue weighted by molar-refractivity contribution is 5.97. The third kappa shape index (κ3) is 4.39. The minimum atomic E-state index is -0.286. The molecule has 0 aliphatic carbocycles. The van der Waals surface area contributed by atoms with E-state index in [0.29, 0.717) is 17.6 Å². The normalized spacial score (nSPS) is 26.5. The summed E-state index contributed by atoms with van der Waals surface area (Å²) in [6, 6.07) is 7.30. The summed E-state index contributed by atoms with van der Waals surface area (Å²) in [4.78, 5) is 15.0. The van der Waals surface area contributed by atoms with Crippen molar-refractivity contribution >= 4 is 5.78 Å². The SMILES string of the molecule is CC1CCC(CCN2CCC(C(=O)c3ccc(F)cc3)CC2)N1. The first kappa shape index (κ1) is 16.6. The number of nitrogens with one attached hydrogen (secondary N) is 1. The molecule has 2 aliphatic rings. The molecule has 2 aliphatic heterocycles. The number of piperidine rings is 1. The Hall–Kier alpha value is -1.26. The lowest BCUT2D eigenvalue weighted by Crippen LogP contribution is -2.39. The molecule has 0 saturated carbocycles. The van der Waals surface area contributed by atoms with Gasteiger partial charge in [-0.3, -0.25) is 4.79 Å². The lowest BCUT2D eigenvalue weighted by molar-refractivity contribution is 0.0837. The molecule has 2 unspecified atom stereocenters. The van der Waals surface area contributed by atoms with Crippen molar-refractivity contribution in [2.75, 3.05) is 19.6 Å². The Kier molecular flexibility index (Phi) is 5.44. The Morgan fingerprint density at radius 3 is 2.48 bits per heavy atom. The fourth-order valence-electron chi connectivity index (χ4n) is 3.85. The summed E-state index contributed by atoms with van der Waals surface area (Å²) in [5.41, 5.74) is 0.647. The van der Waals surface area contributed by atoms with Gasteiger partial charge in [0, 0.05) is 23.6 Å². The van der Waals surface area contributed by atoms with Crippen molar-refractivity contribution in [1.29, 1.82) is 0 Å². The van der Waals surface area contributed by atoms with E-state index in [1.165, 1.54) is 31.4 Å². The number of hydrogen-bond donors (Lipinski definition) is 1. The van der Waals surface area contributed by atoms with E-state index in [9.17, 15) is 9.18 Å². The van der Waals surface area contributed by atoms with Crippen LogP contribution < -0.4 is 5.32 Å². The summed E-state index contributed by atoms with van der Waals surface area (Å²) in [6.07, 6.45) is 5.63. The summed E-state index contributed by atoms with van der Waals surface area (Å²) in [5.74, 6) is -0.0107. The van der Waals surface area contributed by atoms with Gasteiger partial charge in [-0.25, -0.2) is 4.39 Å². The highest BCUT2D eigenvalue weighted by atomic mass is 19.1. The van der Waals surface area contributed by atoms with Crippen molar-refractivity contribution in [1.82, 2.24) is 10.2 Å². The first-order valence-corrected chi connectivity index (χ1v) is 8.90. The number of ketones is 1. The van der Waals surface area contributed by atoms with Crippen LogP contribution in [0.4, 0.5) is 4.39 Å². The summed E-state index contributed by atoms with van der Waals surface area (Å²) in [5, 5.41) is 3.64. The van der Waals surface area contributed by atoms with Crippen molar-refractivity contribution in [3.63, 3.8) is 0 Å². The van der Waals surface area contributed by atoms with Crippen LogP contribution in [0.1, 0.15) is 49.4 Å². The quantitative estimate of drug-likeness (QED) is 0.846. The van der Waals surface area contributed by atoms with Gasteiger partial charge in [0.25, 0.3) is 0 Å². The smallest absolute Gasteiger partial charge is 0.166 e. The molecule has 0 spiro atoms. The zero-order valence-corrected chi connectivity index (χ0v) is 13.9. The predicted molar refractivity (Wildman–Crippen MR) is 90.1 cm³/mol. The molecule has 4 heteroatoms. The Labute approximate surface area is 138 Å². The van der Waals surface area contributed by atoms with Gasteiger partial charge in [0.15, 0.2) is 5.78 Å². The van der Waals surface area contributed by atoms with Crippen LogP contribution in [-0.4, -0.2) is 42.4 Å². The molecule has 0 bridgehead atoms. The Morgan fingerprint density at radius 2 is 1.87 bits per heavy atom. The van der Waals surface area contributed by atoms with Crippen LogP contribution in [0, 0.1) is 11.7 Å². The summed E-state index contributed by atoms with van der Waals surface area (Å²) >= 11 is 0. The summed E-state index contributed by atoms with van der Waals surface area (Å²) in [6.45, 7) is 5.38. The molecule has 1 aromatic carbocycles. The molecule has 2 atom stereocenters. The molecule has 23 heavy (non-hydrogen) atoms. The molecule has 0 radical (unpaired) electrons. The van der Waals surface area contributed by atoms with Crippen LogP contribution in [-0.2, 0) is 0 Å². The number of carbonyl (C=O) groups is 1. The average Bonchev–Trinajstić information content (AvgIpc) is 2.99. The van der Waals surface area contributed by atoms with E-state index in [1.807, 2.05) is 0 Å². The second-order valence-corrected chi connectivity index (χ2v) is 7.12.